The van der Waals surface area contributed by atoms with Crippen LogP contribution in [-0.2, 0) is 0 Å². The number of allylic oxidation sites excluding steroid dienone is 1. The molecular formula is C23H21NO. The average molecular weight is 327 g/mol. The molecule has 0 heterocycles. The van der Waals surface area contributed by atoms with E-state index in [1.54, 1.807) is 0 Å². The minimum Gasteiger partial charge on any atom is -0.490 e. The zero-order valence-electron chi connectivity index (χ0n) is 14.8. The van der Waals surface area contributed by atoms with Crippen LogP contribution in [0.25, 0.3) is 22.4 Å². The first-order valence-corrected chi connectivity index (χ1v) is 8.45. The summed E-state index contributed by atoms with van der Waals surface area (Å²) in [4.78, 5) is 0. The van der Waals surface area contributed by atoms with Crippen LogP contribution in [0.5, 0.6) is 5.75 Å². The van der Waals surface area contributed by atoms with Gasteiger partial charge in [-0.1, -0.05) is 60.2 Å². The van der Waals surface area contributed by atoms with Gasteiger partial charge < -0.3 is 4.74 Å². The second kappa shape index (κ2) is 7.23. The summed E-state index contributed by atoms with van der Waals surface area (Å²) in [6.45, 7) is 6.06. The van der Waals surface area contributed by atoms with Crippen molar-refractivity contribution in [2.45, 2.75) is 26.9 Å². The lowest BCUT2D eigenvalue weighted by Crippen LogP contribution is -2.06. The largest absolute Gasteiger partial charge is 0.490 e. The Labute approximate surface area is 149 Å². The van der Waals surface area contributed by atoms with Gasteiger partial charge in [-0.05, 0) is 49.2 Å². The van der Waals surface area contributed by atoms with Crippen molar-refractivity contribution < 1.29 is 4.74 Å². The number of hydrogen-bond acceptors (Lipinski definition) is 2. The zero-order chi connectivity index (χ0) is 17.8. The lowest BCUT2D eigenvalue weighted by Gasteiger charge is -2.15. The molecule has 0 spiro atoms. The van der Waals surface area contributed by atoms with E-state index in [4.69, 9.17) is 4.74 Å². The van der Waals surface area contributed by atoms with Crippen molar-refractivity contribution >= 4 is 22.4 Å². The molecule has 0 radical (unpaired) electrons. The summed E-state index contributed by atoms with van der Waals surface area (Å²) in [5, 5.41) is 11.9. The molecule has 0 aromatic heterocycles. The Morgan fingerprint density at radius 3 is 2.40 bits per heavy atom. The van der Waals surface area contributed by atoms with Crippen LogP contribution in [0.3, 0.4) is 0 Å². The molecule has 2 nitrogen and oxygen atoms in total. The maximum atomic E-state index is 9.70. The van der Waals surface area contributed by atoms with Crippen LogP contribution in [0.1, 0.15) is 30.5 Å². The topological polar surface area (TPSA) is 33.0 Å². The summed E-state index contributed by atoms with van der Waals surface area (Å²) in [7, 11) is 0. The van der Waals surface area contributed by atoms with E-state index >= 15 is 0 Å². The van der Waals surface area contributed by atoms with Crippen LogP contribution < -0.4 is 4.74 Å². The molecule has 3 rings (SSSR count). The number of aryl methyl sites for hydroxylation is 1. The number of ether oxygens (including phenoxy) is 1. The van der Waals surface area contributed by atoms with Crippen molar-refractivity contribution in [2.24, 2.45) is 0 Å². The highest BCUT2D eigenvalue weighted by Gasteiger charge is 2.10. The molecule has 0 bridgehead atoms. The van der Waals surface area contributed by atoms with Gasteiger partial charge in [0.2, 0.25) is 0 Å². The molecule has 2 heteroatoms. The number of hydrogen-bond donors (Lipinski definition) is 0. The number of rotatable bonds is 4. The van der Waals surface area contributed by atoms with Gasteiger partial charge in [-0.2, -0.15) is 5.26 Å². The molecule has 3 aromatic rings. The second-order valence-electron chi connectivity index (χ2n) is 6.40. The Hall–Kier alpha value is -3.05. The monoisotopic (exact) mass is 327 g/mol. The standard InChI is InChI=1S/C23H21NO/c1-16(2)25-23-13-12-19-6-4-5-7-21(19)22(23)14-20(15-24)18-10-8-17(3)9-11-18/h4-14,16H,1-3H3/b20-14+. The predicted molar refractivity (Wildman–Crippen MR) is 104 cm³/mol. The molecule has 0 aliphatic carbocycles. The molecule has 0 fully saturated rings. The highest BCUT2D eigenvalue weighted by Crippen LogP contribution is 2.32. The van der Waals surface area contributed by atoms with Gasteiger partial charge in [0, 0.05) is 5.56 Å². The van der Waals surface area contributed by atoms with Crippen LogP contribution in [0, 0.1) is 18.3 Å². The first kappa shape index (κ1) is 16.8. The third-order valence-corrected chi connectivity index (χ3v) is 4.07. The smallest absolute Gasteiger partial charge is 0.127 e. The van der Waals surface area contributed by atoms with E-state index in [0.29, 0.717) is 5.57 Å². The first-order valence-electron chi connectivity index (χ1n) is 8.45. The summed E-state index contributed by atoms with van der Waals surface area (Å²) in [6.07, 6.45) is 2.00. The Bertz CT molecular complexity index is 960. The second-order valence-corrected chi connectivity index (χ2v) is 6.40. The molecule has 124 valence electrons. The highest BCUT2D eigenvalue weighted by molar-refractivity contribution is 6.00. The number of nitrogens with zero attached hydrogens (tertiary/aromatic N) is 1. The number of benzene rings is 3. The Balaban J connectivity index is 2.21. The summed E-state index contributed by atoms with van der Waals surface area (Å²) >= 11 is 0. The van der Waals surface area contributed by atoms with Crippen molar-refractivity contribution in [2.75, 3.05) is 0 Å². The van der Waals surface area contributed by atoms with Crippen molar-refractivity contribution in [3.05, 3.63) is 77.4 Å². The van der Waals surface area contributed by atoms with E-state index in [2.05, 4.69) is 24.3 Å². The molecule has 0 N–H and O–H groups in total. The lowest BCUT2D eigenvalue weighted by molar-refractivity contribution is 0.242. The molecule has 0 aliphatic heterocycles. The normalized spacial score (nSPS) is 11.6. The van der Waals surface area contributed by atoms with Gasteiger partial charge >= 0.3 is 0 Å². The molecule has 0 saturated carbocycles. The molecular weight excluding hydrogens is 306 g/mol. The summed E-state index contributed by atoms with van der Waals surface area (Å²) < 4.78 is 6.00. The van der Waals surface area contributed by atoms with Gasteiger partial charge in [0.25, 0.3) is 0 Å². The summed E-state index contributed by atoms with van der Waals surface area (Å²) in [5.41, 5.74) is 3.67. The SMILES string of the molecule is Cc1ccc(/C(C#N)=C/c2c(OC(C)C)ccc3ccccc23)cc1. The minimum atomic E-state index is 0.0678. The molecule has 0 unspecified atom stereocenters. The van der Waals surface area contributed by atoms with Crippen LogP contribution >= 0.6 is 0 Å². The minimum absolute atomic E-state index is 0.0678. The van der Waals surface area contributed by atoms with E-state index in [1.165, 1.54) is 5.56 Å². The Morgan fingerprint density at radius 2 is 1.72 bits per heavy atom. The van der Waals surface area contributed by atoms with Gasteiger partial charge in [0.05, 0.1) is 17.7 Å². The van der Waals surface area contributed by atoms with Crippen LogP contribution in [-0.4, -0.2) is 6.10 Å². The van der Waals surface area contributed by atoms with Crippen molar-refractivity contribution in [3.8, 4) is 11.8 Å². The maximum Gasteiger partial charge on any atom is 0.127 e. The molecule has 0 amide bonds. The van der Waals surface area contributed by atoms with Crippen LogP contribution in [0.15, 0.2) is 60.7 Å². The Morgan fingerprint density at radius 1 is 1.00 bits per heavy atom. The van der Waals surface area contributed by atoms with Gasteiger partial charge in [0.1, 0.15) is 5.75 Å². The first-order chi connectivity index (χ1) is 12.1. The zero-order valence-corrected chi connectivity index (χ0v) is 14.8. The van der Waals surface area contributed by atoms with Gasteiger partial charge in [0.15, 0.2) is 0 Å². The summed E-state index contributed by atoms with van der Waals surface area (Å²) in [5.74, 6) is 0.800. The van der Waals surface area contributed by atoms with E-state index in [0.717, 1.165) is 27.6 Å². The molecule has 0 atom stereocenters. The quantitative estimate of drug-likeness (QED) is 0.435. The maximum absolute atomic E-state index is 9.70. The van der Waals surface area contributed by atoms with Crippen molar-refractivity contribution in [1.29, 1.82) is 5.26 Å². The Kier molecular flexibility index (Phi) is 4.86. The number of fused-ring (bicyclic) bond motifs is 1. The third kappa shape index (κ3) is 3.72. The van der Waals surface area contributed by atoms with E-state index in [9.17, 15) is 5.26 Å². The van der Waals surface area contributed by atoms with Gasteiger partial charge in [-0.3, -0.25) is 0 Å². The lowest BCUT2D eigenvalue weighted by atomic mass is 9.98. The average Bonchev–Trinajstić information content (AvgIpc) is 2.61. The van der Waals surface area contributed by atoms with Crippen LogP contribution in [0.4, 0.5) is 0 Å². The fraction of sp³-hybridized carbons (Fsp3) is 0.174. The highest BCUT2D eigenvalue weighted by atomic mass is 16.5. The number of nitriles is 1. The predicted octanol–water partition coefficient (Wildman–Crippen LogP) is 6.00. The van der Waals surface area contributed by atoms with Gasteiger partial charge in [-0.15, -0.1) is 0 Å². The molecule has 0 saturated heterocycles. The van der Waals surface area contributed by atoms with Crippen molar-refractivity contribution in [3.63, 3.8) is 0 Å². The van der Waals surface area contributed by atoms with Gasteiger partial charge in [-0.25, -0.2) is 0 Å². The molecule has 3 aromatic carbocycles. The third-order valence-electron chi connectivity index (χ3n) is 4.07. The van der Waals surface area contributed by atoms with E-state index in [-0.39, 0.29) is 6.10 Å². The van der Waals surface area contributed by atoms with E-state index < -0.39 is 0 Å². The van der Waals surface area contributed by atoms with Crippen LogP contribution in [0.2, 0.25) is 0 Å². The molecule has 0 aliphatic rings. The van der Waals surface area contributed by atoms with E-state index in [1.807, 2.05) is 69.3 Å². The fourth-order valence-corrected chi connectivity index (χ4v) is 2.84. The van der Waals surface area contributed by atoms with Crippen molar-refractivity contribution in [1.82, 2.24) is 0 Å². The molecule has 25 heavy (non-hydrogen) atoms. The fourth-order valence-electron chi connectivity index (χ4n) is 2.84. The summed E-state index contributed by atoms with van der Waals surface area (Å²) in [6, 6.07) is 22.6.